The maximum atomic E-state index is 13.8. The Morgan fingerprint density at radius 1 is 1.15 bits per heavy atom. The second kappa shape index (κ2) is 6.54. The molecule has 1 saturated carbocycles. The Balaban J connectivity index is 1.60. The van der Waals surface area contributed by atoms with E-state index >= 15 is 0 Å². The molecule has 2 saturated heterocycles. The first kappa shape index (κ1) is 17.8. The number of hydrogen-bond acceptors (Lipinski definition) is 2. The molecule has 3 aliphatic rings. The smallest absolute Gasteiger partial charge is 0.226 e. The van der Waals surface area contributed by atoms with Gasteiger partial charge in [0.05, 0.1) is 5.54 Å². The van der Waals surface area contributed by atoms with Crippen LogP contribution in [0.3, 0.4) is 0 Å². The molecule has 1 aliphatic carbocycles. The zero-order chi connectivity index (χ0) is 18.4. The molecule has 1 unspecified atom stereocenters. The van der Waals surface area contributed by atoms with E-state index in [0.29, 0.717) is 5.91 Å². The van der Waals surface area contributed by atoms with E-state index in [4.69, 9.17) is 0 Å². The molecule has 4 heteroatoms. The van der Waals surface area contributed by atoms with Gasteiger partial charge in [-0.1, -0.05) is 25.3 Å². The first-order chi connectivity index (χ1) is 12.4. The molecule has 0 aromatic heterocycles. The van der Waals surface area contributed by atoms with Crippen LogP contribution < -0.4 is 4.90 Å². The SMILES string of the molecule is CC1(C)CC2(CCCN2C(=O)C2CCCCC2)CN1c1cccc(F)c1. The fourth-order valence-corrected chi connectivity index (χ4v) is 5.75. The first-order valence-corrected chi connectivity index (χ1v) is 10.3. The van der Waals surface area contributed by atoms with E-state index in [-0.39, 0.29) is 22.8 Å². The molecule has 0 N–H and O–H groups in total. The van der Waals surface area contributed by atoms with E-state index in [9.17, 15) is 9.18 Å². The molecule has 3 fully saturated rings. The third kappa shape index (κ3) is 3.01. The van der Waals surface area contributed by atoms with Crippen LogP contribution in [0.2, 0.25) is 0 Å². The fraction of sp³-hybridized carbons (Fsp3) is 0.682. The van der Waals surface area contributed by atoms with Crippen molar-refractivity contribution in [1.82, 2.24) is 4.90 Å². The van der Waals surface area contributed by atoms with Crippen molar-refractivity contribution in [2.45, 2.75) is 76.3 Å². The average Bonchev–Trinajstić information content (AvgIpc) is 3.14. The van der Waals surface area contributed by atoms with Gasteiger partial charge >= 0.3 is 0 Å². The van der Waals surface area contributed by atoms with Crippen molar-refractivity contribution in [3.63, 3.8) is 0 Å². The summed E-state index contributed by atoms with van der Waals surface area (Å²) in [4.78, 5) is 17.9. The minimum atomic E-state index is -0.194. The minimum Gasteiger partial charge on any atom is -0.364 e. The summed E-state index contributed by atoms with van der Waals surface area (Å²) in [6, 6.07) is 6.90. The number of likely N-dealkylation sites (tertiary alicyclic amines) is 1. The summed E-state index contributed by atoms with van der Waals surface area (Å²) in [5, 5.41) is 0. The van der Waals surface area contributed by atoms with Crippen LogP contribution in [0.25, 0.3) is 0 Å². The predicted molar refractivity (Wildman–Crippen MR) is 103 cm³/mol. The van der Waals surface area contributed by atoms with E-state index in [0.717, 1.165) is 50.9 Å². The minimum absolute atomic E-state index is 0.0790. The molecule has 3 nitrogen and oxygen atoms in total. The predicted octanol–water partition coefficient (Wildman–Crippen LogP) is 4.76. The number of nitrogens with zero attached hydrogens (tertiary/aromatic N) is 2. The van der Waals surface area contributed by atoms with Gasteiger partial charge < -0.3 is 9.80 Å². The number of hydrogen-bond donors (Lipinski definition) is 0. The molecule has 142 valence electrons. The molecule has 1 aromatic carbocycles. The second-order valence-corrected chi connectivity index (χ2v) is 9.21. The van der Waals surface area contributed by atoms with Crippen LogP contribution in [0.4, 0.5) is 10.1 Å². The number of benzene rings is 1. The summed E-state index contributed by atoms with van der Waals surface area (Å²) in [5.74, 6) is 0.421. The van der Waals surface area contributed by atoms with Gasteiger partial charge in [0.25, 0.3) is 0 Å². The highest BCUT2D eigenvalue weighted by Gasteiger charge is 2.55. The number of anilines is 1. The lowest BCUT2D eigenvalue weighted by molar-refractivity contribution is -0.140. The van der Waals surface area contributed by atoms with Crippen molar-refractivity contribution in [3.8, 4) is 0 Å². The lowest BCUT2D eigenvalue weighted by Crippen LogP contribution is -2.51. The number of carbonyl (C=O) groups is 1. The number of rotatable bonds is 2. The van der Waals surface area contributed by atoms with Gasteiger partial charge in [-0.2, -0.15) is 0 Å². The molecular formula is C22H31FN2O. The van der Waals surface area contributed by atoms with Gasteiger partial charge in [-0.05, 0) is 64.2 Å². The molecule has 26 heavy (non-hydrogen) atoms. The lowest BCUT2D eigenvalue weighted by atomic mass is 9.84. The van der Waals surface area contributed by atoms with E-state index in [1.54, 1.807) is 12.1 Å². The summed E-state index contributed by atoms with van der Waals surface area (Å²) in [6.07, 6.45) is 8.90. The molecule has 0 radical (unpaired) electrons. The van der Waals surface area contributed by atoms with Gasteiger partial charge in [0.2, 0.25) is 5.91 Å². The van der Waals surface area contributed by atoms with Crippen LogP contribution in [0.5, 0.6) is 0 Å². The summed E-state index contributed by atoms with van der Waals surface area (Å²) >= 11 is 0. The van der Waals surface area contributed by atoms with Crippen LogP contribution >= 0.6 is 0 Å². The van der Waals surface area contributed by atoms with E-state index in [2.05, 4.69) is 23.6 Å². The third-order valence-electron chi connectivity index (χ3n) is 6.88. The van der Waals surface area contributed by atoms with Crippen LogP contribution in [0.15, 0.2) is 24.3 Å². The molecule has 2 aliphatic heterocycles. The number of carbonyl (C=O) groups excluding carboxylic acids is 1. The molecule has 1 aromatic rings. The summed E-state index contributed by atoms with van der Waals surface area (Å²) in [5.41, 5.74) is 0.775. The van der Waals surface area contributed by atoms with Gasteiger partial charge in [0.1, 0.15) is 5.82 Å². The van der Waals surface area contributed by atoms with Crippen molar-refractivity contribution >= 4 is 11.6 Å². The van der Waals surface area contributed by atoms with Crippen LogP contribution in [0.1, 0.15) is 65.2 Å². The normalized spacial score (nSPS) is 28.9. The number of amides is 1. The average molecular weight is 359 g/mol. The topological polar surface area (TPSA) is 23.6 Å². The Labute approximate surface area is 156 Å². The highest BCUT2D eigenvalue weighted by molar-refractivity contribution is 5.80. The fourth-order valence-electron chi connectivity index (χ4n) is 5.75. The first-order valence-electron chi connectivity index (χ1n) is 10.3. The highest BCUT2D eigenvalue weighted by Crippen LogP contribution is 2.48. The van der Waals surface area contributed by atoms with Crippen molar-refractivity contribution in [2.24, 2.45) is 5.92 Å². The molecule has 1 amide bonds. The van der Waals surface area contributed by atoms with Gasteiger partial charge in [-0.3, -0.25) is 4.79 Å². The van der Waals surface area contributed by atoms with Crippen molar-refractivity contribution in [3.05, 3.63) is 30.1 Å². The van der Waals surface area contributed by atoms with Crippen LogP contribution in [0, 0.1) is 11.7 Å². The summed E-state index contributed by atoms with van der Waals surface area (Å²) < 4.78 is 13.8. The Morgan fingerprint density at radius 2 is 1.92 bits per heavy atom. The molecule has 4 rings (SSSR count). The summed E-state index contributed by atoms with van der Waals surface area (Å²) in [6.45, 7) is 6.17. The van der Waals surface area contributed by atoms with Crippen LogP contribution in [-0.2, 0) is 4.79 Å². The Morgan fingerprint density at radius 3 is 2.65 bits per heavy atom. The standard InChI is InChI=1S/C22H31FN2O/c1-21(2)15-22(16-25(21)19-11-6-10-18(23)14-19)12-7-13-24(22)20(26)17-8-4-3-5-9-17/h6,10-11,14,17H,3-5,7-9,12-13,15-16H2,1-2H3. The van der Waals surface area contributed by atoms with E-state index in [1.165, 1.54) is 25.3 Å². The zero-order valence-corrected chi connectivity index (χ0v) is 16.1. The molecule has 0 bridgehead atoms. The number of halogens is 1. The monoisotopic (exact) mass is 358 g/mol. The van der Waals surface area contributed by atoms with Crippen molar-refractivity contribution in [2.75, 3.05) is 18.0 Å². The zero-order valence-electron chi connectivity index (χ0n) is 16.1. The van der Waals surface area contributed by atoms with Crippen LogP contribution in [-0.4, -0.2) is 35.0 Å². The Bertz CT molecular complexity index is 682. The van der Waals surface area contributed by atoms with E-state index in [1.807, 2.05) is 6.07 Å². The lowest BCUT2D eigenvalue weighted by Gasteiger charge is -2.38. The molecular weight excluding hydrogens is 327 g/mol. The Kier molecular flexibility index (Phi) is 4.48. The van der Waals surface area contributed by atoms with Gasteiger partial charge in [0.15, 0.2) is 0 Å². The van der Waals surface area contributed by atoms with E-state index < -0.39 is 0 Å². The quantitative estimate of drug-likeness (QED) is 0.761. The summed E-state index contributed by atoms with van der Waals surface area (Å²) in [7, 11) is 0. The maximum absolute atomic E-state index is 13.8. The Hall–Kier alpha value is -1.58. The molecule has 1 atom stereocenters. The second-order valence-electron chi connectivity index (χ2n) is 9.21. The highest BCUT2D eigenvalue weighted by atomic mass is 19.1. The largest absolute Gasteiger partial charge is 0.364 e. The third-order valence-corrected chi connectivity index (χ3v) is 6.88. The molecule has 2 heterocycles. The van der Waals surface area contributed by atoms with Gasteiger partial charge in [0, 0.05) is 30.2 Å². The van der Waals surface area contributed by atoms with Crippen molar-refractivity contribution < 1.29 is 9.18 Å². The maximum Gasteiger partial charge on any atom is 0.226 e. The van der Waals surface area contributed by atoms with Crippen molar-refractivity contribution in [1.29, 1.82) is 0 Å². The van der Waals surface area contributed by atoms with Gasteiger partial charge in [-0.25, -0.2) is 4.39 Å². The molecule has 1 spiro atoms. The van der Waals surface area contributed by atoms with Gasteiger partial charge in [-0.15, -0.1) is 0 Å².